The molecule has 1 rings (SSSR count). The van der Waals surface area contributed by atoms with Gasteiger partial charge in [0.05, 0.1) is 5.02 Å². The molecule has 1 amide bonds. The third-order valence-corrected chi connectivity index (χ3v) is 4.72. The van der Waals surface area contributed by atoms with Crippen LogP contribution in [0, 0.1) is 3.57 Å². The van der Waals surface area contributed by atoms with E-state index in [1.165, 1.54) is 0 Å². The summed E-state index contributed by atoms with van der Waals surface area (Å²) in [5.41, 5.74) is 0.656. The quantitative estimate of drug-likeness (QED) is 0.481. The van der Waals surface area contributed by atoms with Gasteiger partial charge in [0.15, 0.2) is 0 Å². The first-order valence-corrected chi connectivity index (χ1v) is 8.37. The molecule has 0 saturated heterocycles. The molecular formula is C13H16BrClINO. The molecule has 0 aromatic heterocycles. The summed E-state index contributed by atoms with van der Waals surface area (Å²) in [7, 11) is 0. The standard InChI is InChI=1S/C13H16BrClINO/c1-9(2)17(7-3-6-14)13(18)10-4-5-12(16)11(15)8-10/h4-5,8-9H,3,6-7H2,1-2H3. The van der Waals surface area contributed by atoms with E-state index in [9.17, 15) is 4.79 Å². The second-order valence-electron chi connectivity index (χ2n) is 4.26. The monoisotopic (exact) mass is 443 g/mol. The number of benzene rings is 1. The van der Waals surface area contributed by atoms with Crippen LogP contribution in [-0.2, 0) is 0 Å². The molecule has 0 saturated carbocycles. The van der Waals surface area contributed by atoms with Crippen molar-refractivity contribution in [3.63, 3.8) is 0 Å². The maximum atomic E-state index is 12.4. The molecule has 0 bridgehead atoms. The number of hydrogen-bond donors (Lipinski definition) is 0. The minimum absolute atomic E-state index is 0.0456. The van der Waals surface area contributed by atoms with Gasteiger partial charge >= 0.3 is 0 Å². The number of carbonyl (C=O) groups is 1. The van der Waals surface area contributed by atoms with Crippen LogP contribution in [-0.4, -0.2) is 28.7 Å². The van der Waals surface area contributed by atoms with Crippen molar-refractivity contribution in [3.8, 4) is 0 Å². The summed E-state index contributed by atoms with van der Waals surface area (Å²) < 4.78 is 0.961. The van der Waals surface area contributed by atoms with Crippen LogP contribution in [0.1, 0.15) is 30.6 Å². The Morgan fingerprint density at radius 2 is 2.17 bits per heavy atom. The van der Waals surface area contributed by atoms with Crippen molar-refractivity contribution in [3.05, 3.63) is 32.4 Å². The highest BCUT2D eigenvalue weighted by Crippen LogP contribution is 2.21. The summed E-state index contributed by atoms with van der Waals surface area (Å²) in [6.07, 6.45) is 0.946. The van der Waals surface area contributed by atoms with Gasteiger partial charge in [0.1, 0.15) is 0 Å². The number of carbonyl (C=O) groups excluding carboxylic acids is 1. The van der Waals surface area contributed by atoms with E-state index in [4.69, 9.17) is 11.6 Å². The Hall–Kier alpha value is 0.190. The third-order valence-electron chi connectivity index (χ3n) is 2.58. The van der Waals surface area contributed by atoms with Gasteiger partial charge in [0, 0.05) is 27.1 Å². The van der Waals surface area contributed by atoms with E-state index in [1.807, 2.05) is 30.9 Å². The summed E-state index contributed by atoms with van der Waals surface area (Å²) in [6, 6.07) is 5.64. The molecule has 1 aromatic carbocycles. The summed E-state index contributed by atoms with van der Waals surface area (Å²) >= 11 is 11.6. The Labute approximate surface area is 135 Å². The number of rotatable bonds is 5. The van der Waals surface area contributed by atoms with Gasteiger partial charge in [-0.05, 0) is 61.1 Å². The van der Waals surface area contributed by atoms with Crippen molar-refractivity contribution >= 4 is 56.0 Å². The van der Waals surface area contributed by atoms with Crippen LogP contribution in [0.3, 0.4) is 0 Å². The summed E-state index contributed by atoms with van der Waals surface area (Å²) in [4.78, 5) is 14.3. The van der Waals surface area contributed by atoms with E-state index in [0.717, 1.165) is 21.9 Å². The highest BCUT2D eigenvalue weighted by atomic mass is 127. The Morgan fingerprint density at radius 1 is 1.50 bits per heavy atom. The predicted octanol–water partition coefficient (Wildman–Crippen LogP) is 4.58. The van der Waals surface area contributed by atoms with E-state index in [-0.39, 0.29) is 11.9 Å². The van der Waals surface area contributed by atoms with Gasteiger partial charge in [-0.1, -0.05) is 27.5 Å². The average Bonchev–Trinajstić information content (AvgIpc) is 2.32. The normalized spacial score (nSPS) is 10.8. The van der Waals surface area contributed by atoms with E-state index >= 15 is 0 Å². The van der Waals surface area contributed by atoms with E-state index < -0.39 is 0 Å². The van der Waals surface area contributed by atoms with Crippen molar-refractivity contribution in [2.45, 2.75) is 26.3 Å². The number of alkyl halides is 1. The maximum absolute atomic E-state index is 12.4. The topological polar surface area (TPSA) is 20.3 Å². The first kappa shape index (κ1) is 16.2. The molecule has 0 fully saturated rings. The molecule has 1 aromatic rings. The number of nitrogens with zero attached hydrogens (tertiary/aromatic N) is 1. The van der Waals surface area contributed by atoms with E-state index in [0.29, 0.717) is 10.6 Å². The second-order valence-corrected chi connectivity index (χ2v) is 6.63. The van der Waals surface area contributed by atoms with Crippen molar-refractivity contribution in [2.24, 2.45) is 0 Å². The predicted molar refractivity (Wildman–Crippen MR) is 88.8 cm³/mol. The van der Waals surface area contributed by atoms with Gasteiger partial charge in [0.2, 0.25) is 0 Å². The molecule has 0 aliphatic carbocycles. The Kier molecular flexibility index (Phi) is 6.95. The molecule has 0 radical (unpaired) electrons. The van der Waals surface area contributed by atoms with Crippen LogP contribution in [0.4, 0.5) is 0 Å². The minimum atomic E-state index is 0.0456. The van der Waals surface area contributed by atoms with Gasteiger partial charge in [-0.15, -0.1) is 0 Å². The van der Waals surface area contributed by atoms with Gasteiger partial charge in [-0.2, -0.15) is 0 Å². The molecule has 0 aliphatic rings. The van der Waals surface area contributed by atoms with E-state index in [1.54, 1.807) is 6.07 Å². The molecular weight excluding hydrogens is 428 g/mol. The number of amides is 1. The fourth-order valence-electron chi connectivity index (χ4n) is 1.62. The third kappa shape index (κ3) is 4.38. The van der Waals surface area contributed by atoms with Crippen molar-refractivity contribution in [2.75, 3.05) is 11.9 Å². The van der Waals surface area contributed by atoms with Gasteiger partial charge in [-0.25, -0.2) is 0 Å². The Balaban J connectivity index is 2.91. The number of halogens is 3. The van der Waals surface area contributed by atoms with Crippen molar-refractivity contribution < 1.29 is 4.79 Å². The average molecular weight is 445 g/mol. The fraction of sp³-hybridized carbons (Fsp3) is 0.462. The molecule has 0 spiro atoms. The molecule has 5 heteroatoms. The van der Waals surface area contributed by atoms with Crippen molar-refractivity contribution in [1.82, 2.24) is 4.90 Å². The minimum Gasteiger partial charge on any atom is -0.336 e. The molecule has 18 heavy (non-hydrogen) atoms. The zero-order valence-electron chi connectivity index (χ0n) is 10.4. The smallest absolute Gasteiger partial charge is 0.254 e. The van der Waals surface area contributed by atoms with Crippen LogP contribution < -0.4 is 0 Å². The van der Waals surface area contributed by atoms with Crippen LogP contribution in [0.2, 0.25) is 5.02 Å². The number of hydrogen-bond acceptors (Lipinski definition) is 1. The lowest BCUT2D eigenvalue weighted by Gasteiger charge is -2.26. The van der Waals surface area contributed by atoms with Crippen LogP contribution in [0.5, 0.6) is 0 Å². The molecule has 0 N–H and O–H groups in total. The maximum Gasteiger partial charge on any atom is 0.254 e. The van der Waals surface area contributed by atoms with Crippen LogP contribution >= 0.6 is 50.1 Å². The zero-order chi connectivity index (χ0) is 13.7. The molecule has 0 aliphatic heterocycles. The summed E-state index contributed by atoms with van der Waals surface area (Å²) in [5, 5.41) is 1.53. The summed E-state index contributed by atoms with van der Waals surface area (Å²) in [6.45, 7) is 4.81. The SMILES string of the molecule is CC(C)N(CCCBr)C(=O)c1ccc(I)c(Cl)c1. The fourth-order valence-corrected chi connectivity index (χ4v) is 2.39. The lowest BCUT2D eigenvalue weighted by atomic mass is 10.1. The zero-order valence-corrected chi connectivity index (χ0v) is 14.9. The molecule has 0 atom stereocenters. The lowest BCUT2D eigenvalue weighted by Crippen LogP contribution is -2.37. The van der Waals surface area contributed by atoms with Gasteiger partial charge in [0.25, 0.3) is 5.91 Å². The molecule has 0 unspecified atom stereocenters. The molecule has 100 valence electrons. The molecule has 2 nitrogen and oxygen atoms in total. The summed E-state index contributed by atoms with van der Waals surface area (Å²) in [5.74, 6) is 0.0456. The first-order chi connectivity index (χ1) is 8.47. The molecule has 0 heterocycles. The first-order valence-electron chi connectivity index (χ1n) is 5.79. The van der Waals surface area contributed by atoms with E-state index in [2.05, 4.69) is 38.5 Å². The van der Waals surface area contributed by atoms with Crippen molar-refractivity contribution in [1.29, 1.82) is 0 Å². The Bertz CT molecular complexity index is 425. The van der Waals surface area contributed by atoms with Gasteiger partial charge in [-0.3, -0.25) is 4.79 Å². The highest BCUT2D eigenvalue weighted by Gasteiger charge is 2.18. The van der Waals surface area contributed by atoms with Crippen LogP contribution in [0.15, 0.2) is 18.2 Å². The highest BCUT2D eigenvalue weighted by molar-refractivity contribution is 14.1. The largest absolute Gasteiger partial charge is 0.336 e. The Morgan fingerprint density at radius 3 is 2.67 bits per heavy atom. The second kappa shape index (κ2) is 7.70. The van der Waals surface area contributed by atoms with Gasteiger partial charge < -0.3 is 4.90 Å². The lowest BCUT2D eigenvalue weighted by molar-refractivity contribution is 0.0706. The van der Waals surface area contributed by atoms with Crippen LogP contribution in [0.25, 0.3) is 0 Å².